The highest BCUT2D eigenvalue weighted by Crippen LogP contribution is 2.18. The van der Waals surface area contributed by atoms with Crippen molar-refractivity contribution in [2.45, 2.75) is 11.4 Å². The first-order chi connectivity index (χ1) is 13.1. The van der Waals surface area contributed by atoms with Crippen LogP contribution < -0.4 is 5.32 Å². The Bertz CT molecular complexity index is 890. The van der Waals surface area contributed by atoms with Gasteiger partial charge in [-0.3, -0.25) is 9.78 Å². The zero-order chi connectivity index (χ0) is 19.1. The molecule has 1 aromatic carbocycles. The highest BCUT2D eigenvalue weighted by Gasteiger charge is 2.25. The van der Waals surface area contributed by atoms with Gasteiger partial charge >= 0.3 is 0 Å². The van der Waals surface area contributed by atoms with Gasteiger partial charge in [-0.25, -0.2) is 8.42 Å². The van der Waals surface area contributed by atoms with Crippen LogP contribution in [0.2, 0.25) is 0 Å². The van der Waals surface area contributed by atoms with Crippen LogP contribution >= 0.6 is 0 Å². The second kappa shape index (κ2) is 8.90. The van der Waals surface area contributed by atoms with Crippen molar-refractivity contribution in [3.8, 4) is 0 Å². The molecule has 8 heteroatoms. The maximum atomic E-state index is 12.6. The van der Waals surface area contributed by atoms with Gasteiger partial charge in [0.15, 0.2) is 0 Å². The average Bonchev–Trinajstić information content (AvgIpc) is 2.72. The number of sulfonamides is 1. The number of nitrogens with one attached hydrogen (secondary N) is 1. The SMILES string of the molecule is O=C(/C=C/c1ccc(S(=O)(=O)N2CCOCC2)cc1)NCc1ccccn1. The van der Waals surface area contributed by atoms with Gasteiger partial charge in [-0.1, -0.05) is 18.2 Å². The third-order valence-corrected chi connectivity index (χ3v) is 6.00. The zero-order valence-corrected chi connectivity index (χ0v) is 15.6. The molecule has 27 heavy (non-hydrogen) atoms. The summed E-state index contributed by atoms with van der Waals surface area (Å²) in [5.74, 6) is -0.245. The molecule has 0 aliphatic carbocycles. The summed E-state index contributed by atoms with van der Waals surface area (Å²) in [7, 11) is -3.51. The number of ether oxygens (including phenoxy) is 1. The Morgan fingerprint density at radius 3 is 2.56 bits per heavy atom. The smallest absolute Gasteiger partial charge is 0.244 e. The van der Waals surface area contributed by atoms with Gasteiger partial charge < -0.3 is 10.1 Å². The molecule has 2 heterocycles. The van der Waals surface area contributed by atoms with E-state index >= 15 is 0 Å². The van der Waals surface area contributed by atoms with Gasteiger partial charge in [0.05, 0.1) is 30.3 Å². The van der Waals surface area contributed by atoms with Crippen molar-refractivity contribution < 1.29 is 17.9 Å². The van der Waals surface area contributed by atoms with E-state index in [4.69, 9.17) is 4.74 Å². The Labute approximate surface area is 158 Å². The summed E-state index contributed by atoms with van der Waals surface area (Å²) in [6.45, 7) is 1.89. The molecule has 3 rings (SSSR count). The average molecular weight is 387 g/mol. The van der Waals surface area contributed by atoms with Crippen LogP contribution in [0.25, 0.3) is 6.08 Å². The van der Waals surface area contributed by atoms with Gasteiger partial charge in [-0.05, 0) is 35.9 Å². The Kier molecular flexibility index (Phi) is 6.33. The molecule has 1 amide bonds. The first-order valence-electron chi connectivity index (χ1n) is 8.59. The van der Waals surface area contributed by atoms with Gasteiger partial charge in [-0.15, -0.1) is 0 Å². The lowest BCUT2D eigenvalue weighted by Gasteiger charge is -2.26. The van der Waals surface area contributed by atoms with Crippen molar-refractivity contribution in [3.63, 3.8) is 0 Å². The molecule has 1 aliphatic heterocycles. The minimum atomic E-state index is -3.51. The third kappa shape index (κ3) is 5.22. The molecule has 1 aromatic heterocycles. The van der Waals surface area contributed by atoms with E-state index in [0.29, 0.717) is 32.8 Å². The lowest BCUT2D eigenvalue weighted by atomic mass is 10.2. The normalized spacial score (nSPS) is 15.7. The molecular formula is C19H21N3O4S. The molecule has 0 unspecified atom stereocenters. The van der Waals surface area contributed by atoms with Crippen molar-refractivity contribution in [3.05, 3.63) is 66.0 Å². The monoisotopic (exact) mass is 387 g/mol. The van der Waals surface area contributed by atoms with Crippen LogP contribution in [0.3, 0.4) is 0 Å². The number of carbonyl (C=O) groups excluding carboxylic acids is 1. The topological polar surface area (TPSA) is 88.6 Å². The van der Waals surface area contributed by atoms with Crippen LogP contribution in [0.1, 0.15) is 11.3 Å². The molecule has 0 atom stereocenters. The summed E-state index contributed by atoms with van der Waals surface area (Å²) in [5, 5.41) is 2.75. The van der Waals surface area contributed by atoms with Gasteiger partial charge in [0.2, 0.25) is 15.9 Å². The lowest BCUT2D eigenvalue weighted by molar-refractivity contribution is -0.116. The maximum Gasteiger partial charge on any atom is 0.244 e. The lowest BCUT2D eigenvalue weighted by Crippen LogP contribution is -2.40. The van der Waals surface area contributed by atoms with Crippen LogP contribution in [0.15, 0.2) is 59.6 Å². The molecule has 1 N–H and O–H groups in total. The van der Waals surface area contributed by atoms with E-state index in [1.807, 2.05) is 18.2 Å². The predicted molar refractivity (Wildman–Crippen MR) is 101 cm³/mol. The van der Waals surface area contributed by atoms with E-state index in [1.54, 1.807) is 36.5 Å². The number of carbonyl (C=O) groups is 1. The molecule has 0 spiro atoms. The summed E-state index contributed by atoms with van der Waals surface area (Å²) >= 11 is 0. The molecule has 7 nitrogen and oxygen atoms in total. The molecule has 2 aromatic rings. The number of nitrogens with zero attached hydrogens (tertiary/aromatic N) is 2. The number of rotatable bonds is 6. The molecule has 1 aliphatic rings. The Balaban J connectivity index is 1.58. The fraction of sp³-hybridized carbons (Fsp3) is 0.263. The predicted octanol–water partition coefficient (Wildman–Crippen LogP) is 1.43. The van der Waals surface area contributed by atoms with Crippen LogP contribution in [-0.2, 0) is 26.1 Å². The highest BCUT2D eigenvalue weighted by molar-refractivity contribution is 7.89. The van der Waals surface area contributed by atoms with Crippen molar-refractivity contribution >= 4 is 22.0 Å². The molecule has 0 radical (unpaired) electrons. The van der Waals surface area contributed by atoms with Crippen LogP contribution in [-0.4, -0.2) is 49.9 Å². The van der Waals surface area contributed by atoms with Crippen LogP contribution in [0.5, 0.6) is 0 Å². The second-order valence-electron chi connectivity index (χ2n) is 5.96. The largest absolute Gasteiger partial charge is 0.379 e. The Morgan fingerprint density at radius 2 is 1.89 bits per heavy atom. The maximum absolute atomic E-state index is 12.6. The van der Waals surface area contributed by atoms with E-state index in [-0.39, 0.29) is 10.8 Å². The zero-order valence-electron chi connectivity index (χ0n) is 14.7. The van der Waals surface area contributed by atoms with E-state index in [0.717, 1.165) is 11.3 Å². The van der Waals surface area contributed by atoms with E-state index in [2.05, 4.69) is 10.3 Å². The second-order valence-corrected chi connectivity index (χ2v) is 7.90. The van der Waals surface area contributed by atoms with E-state index in [1.165, 1.54) is 10.4 Å². The van der Waals surface area contributed by atoms with Crippen LogP contribution in [0.4, 0.5) is 0 Å². The van der Waals surface area contributed by atoms with Crippen LogP contribution in [0, 0.1) is 0 Å². The number of morpholine rings is 1. The summed E-state index contributed by atoms with van der Waals surface area (Å²) in [4.78, 5) is 16.3. The van der Waals surface area contributed by atoms with Crippen molar-refractivity contribution in [1.29, 1.82) is 0 Å². The first kappa shape index (κ1) is 19.2. The number of pyridine rings is 1. The minimum Gasteiger partial charge on any atom is -0.379 e. The minimum absolute atomic E-state index is 0.237. The van der Waals surface area contributed by atoms with Gasteiger partial charge in [-0.2, -0.15) is 4.31 Å². The fourth-order valence-corrected chi connectivity index (χ4v) is 4.01. The molecular weight excluding hydrogens is 366 g/mol. The molecule has 1 saturated heterocycles. The van der Waals surface area contributed by atoms with Crippen molar-refractivity contribution in [2.75, 3.05) is 26.3 Å². The number of hydrogen-bond donors (Lipinski definition) is 1. The standard InChI is InChI=1S/C19H21N3O4S/c23-19(21-15-17-3-1-2-10-20-17)9-6-16-4-7-18(8-5-16)27(24,25)22-11-13-26-14-12-22/h1-10H,11-15H2,(H,21,23)/b9-6+. The first-order valence-corrected chi connectivity index (χ1v) is 10.0. The number of aromatic nitrogens is 1. The molecule has 142 valence electrons. The number of amides is 1. The van der Waals surface area contributed by atoms with Gasteiger partial charge in [0.1, 0.15) is 0 Å². The Morgan fingerprint density at radius 1 is 1.15 bits per heavy atom. The summed E-state index contributed by atoms with van der Waals surface area (Å²) in [6.07, 6.45) is 4.72. The van der Waals surface area contributed by atoms with Crippen molar-refractivity contribution in [1.82, 2.24) is 14.6 Å². The quantitative estimate of drug-likeness (QED) is 0.758. The molecule has 0 saturated carbocycles. The number of benzene rings is 1. The van der Waals surface area contributed by atoms with Gasteiger partial charge in [0, 0.05) is 25.4 Å². The summed E-state index contributed by atoms with van der Waals surface area (Å²) in [5.41, 5.74) is 1.51. The summed E-state index contributed by atoms with van der Waals surface area (Å²) in [6, 6.07) is 12.0. The fourth-order valence-electron chi connectivity index (χ4n) is 2.60. The summed E-state index contributed by atoms with van der Waals surface area (Å²) < 4.78 is 31.8. The number of hydrogen-bond acceptors (Lipinski definition) is 5. The third-order valence-electron chi connectivity index (χ3n) is 4.08. The molecule has 1 fully saturated rings. The van der Waals surface area contributed by atoms with E-state index in [9.17, 15) is 13.2 Å². The molecule has 0 bridgehead atoms. The van der Waals surface area contributed by atoms with E-state index < -0.39 is 10.0 Å². The Hall–Kier alpha value is -2.55. The highest BCUT2D eigenvalue weighted by atomic mass is 32.2. The van der Waals surface area contributed by atoms with Gasteiger partial charge in [0.25, 0.3) is 0 Å². The van der Waals surface area contributed by atoms with Crippen molar-refractivity contribution in [2.24, 2.45) is 0 Å².